The maximum atomic E-state index is 6.47. The largest absolute Gasteiger partial charge is 0.497 e. The highest BCUT2D eigenvalue weighted by molar-refractivity contribution is 7.98. The van der Waals surface area contributed by atoms with Gasteiger partial charge in [-0.2, -0.15) is 0 Å². The minimum Gasteiger partial charge on any atom is -0.497 e. The van der Waals surface area contributed by atoms with E-state index in [-0.39, 0.29) is 0 Å². The number of benzene rings is 3. The second kappa shape index (κ2) is 9.24. The van der Waals surface area contributed by atoms with E-state index in [9.17, 15) is 0 Å². The summed E-state index contributed by atoms with van der Waals surface area (Å²) in [6.07, 6.45) is 0. The summed E-state index contributed by atoms with van der Waals surface area (Å²) in [4.78, 5) is 0. The Morgan fingerprint density at radius 3 is 2.50 bits per heavy atom. The number of nitrogens with zero attached hydrogens (tertiary/aromatic N) is 3. The quantitative estimate of drug-likeness (QED) is 0.337. The van der Waals surface area contributed by atoms with Crippen LogP contribution in [-0.2, 0) is 5.75 Å². The summed E-state index contributed by atoms with van der Waals surface area (Å²) >= 11 is 8.06. The van der Waals surface area contributed by atoms with E-state index in [2.05, 4.69) is 16.3 Å². The van der Waals surface area contributed by atoms with Gasteiger partial charge in [0.1, 0.15) is 11.5 Å². The van der Waals surface area contributed by atoms with E-state index in [0.29, 0.717) is 16.6 Å². The molecule has 0 aliphatic rings. The molecule has 0 unspecified atom stereocenters. The lowest BCUT2D eigenvalue weighted by Gasteiger charge is -2.14. The normalized spacial score (nSPS) is 10.8. The zero-order chi connectivity index (χ0) is 20.9. The third-order valence-corrected chi connectivity index (χ3v) is 5.91. The molecule has 0 aliphatic carbocycles. The summed E-state index contributed by atoms with van der Waals surface area (Å²) in [5.41, 5.74) is 2.80. The summed E-state index contributed by atoms with van der Waals surface area (Å²) < 4.78 is 12.9. The van der Waals surface area contributed by atoms with Crippen LogP contribution in [0.4, 0.5) is 0 Å². The SMILES string of the molecule is COc1cccc(CSc2nnc(-c3ccccc3Cl)n2-c2ccccc2OC)c1. The van der Waals surface area contributed by atoms with E-state index in [1.807, 2.05) is 71.3 Å². The Morgan fingerprint density at radius 1 is 0.900 bits per heavy atom. The Labute approximate surface area is 184 Å². The van der Waals surface area contributed by atoms with Crippen molar-refractivity contribution in [3.8, 4) is 28.6 Å². The van der Waals surface area contributed by atoms with E-state index in [1.54, 1.807) is 26.0 Å². The van der Waals surface area contributed by atoms with Crippen molar-refractivity contribution in [2.45, 2.75) is 10.9 Å². The lowest BCUT2D eigenvalue weighted by atomic mass is 10.2. The van der Waals surface area contributed by atoms with Crippen molar-refractivity contribution in [1.29, 1.82) is 0 Å². The fourth-order valence-corrected chi connectivity index (χ4v) is 4.23. The van der Waals surface area contributed by atoms with E-state index in [0.717, 1.165) is 33.5 Å². The van der Waals surface area contributed by atoms with Gasteiger partial charge in [0.15, 0.2) is 11.0 Å². The number of hydrogen-bond donors (Lipinski definition) is 0. The van der Waals surface area contributed by atoms with Crippen molar-refractivity contribution in [2.24, 2.45) is 0 Å². The third kappa shape index (κ3) is 4.15. The molecule has 4 aromatic rings. The van der Waals surface area contributed by atoms with Gasteiger partial charge in [0.2, 0.25) is 0 Å². The topological polar surface area (TPSA) is 49.2 Å². The Kier molecular flexibility index (Phi) is 6.26. The predicted molar refractivity (Wildman–Crippen MR) is 121 cm³/mol. The average molecular weight is 438 g/mol. The summed E-state index contributed by atoms with van der Waals surface area (Å²) in [5.74, 6) is 2.94. The smallest absolute Gasteiger partial charge is 0.196 e. The summed E-state index contributed by atoms with van der Waals surface area (Å²) in [6.45, 7) is 0. The third-order valence-electron chi connectivity index (χ3n) is 4.58. The molecule has 4 rings (SSSR count). The van der Waals surface area contributed by atoms with Crippen LogP contribution >= 0.6 is 23.4 Å². The molecule has 0 saturated carbocycles. The zero-order valence-corrected chi connectivity index (χ0v) is 18.2. The van der Waals surface area contributed by atoms with Crippen LogP contribution in [0.3, 0.4) is 0 Å². The molecule has 0 aliphatic heterocycles. The van der Waals surface area contributed by atoms with Crippen molar-refractivity contribution in [2.75, 3.05) is 14.2 Å². The van der Waals surface area contributed by atoms with Crippen molar-refractivity contribution in [3.05, 3.63) is 83.4 Å². The first-order valence-corrected chi connectivity index (χ1v) is 10.7. The highest BCUT2D eigenvalue weighted by atomic mass is 35.5. The van der Waals surface area contributed by atoms with Crippen LogP contribution in [0.1, 0.15) is 5.56 Å². The first kappa shape index (κ1) is 20.3. The Morgan fingerprint density at radius 2 is 1.70 bits per heavy atom. The molecule has 152 valence electrons. The first-order chi connectivity index (χ1) is 14.7. The Balaban J connectivity index is 1.78. The molecule has 0 spiro atoms. The second-order valence-electron chi connectivity index (χ2n) is 6.43. The fraction of sp³-hybridized carbons (Fsp3) is 0.130. The molecule has 0 bridgehead atoms. The summed E-state index contributed by atoms with van der Waals surface area (Å²) in [7, 11) is 3.32. The standard InChI is InChI=1S/C23H20ClN3O2S/c1-28-17-9-7-8-16(14-17)15-30-23-26-25-22(18-10-3-4-11-19(18)24)27(23)20-12-5-6-13-21(20)29-2/h3-14H,15H2,1-2H3. The molecule has 0 saturated heterocycles. The van der Waals surface area contributed by atoms with Crippen LogP contribution in [0.2, 0.25) is 5.02 Å². The fourth-order valence-electron chi connectivity index (χ4n) is 3.12. The molecule has 0 fully saturated rings. The molecule has 30 heavy (non-hydrogen) atoms. The number of rotatable bonds is 7. The van der Waals surface area contributed by atoms with E-state index in [4.69, 9.17) is 21.1 Å². The average Bonchev–Trinajstić information content (AvgIpc) is 3.21. The molecule has 5 nitrogen and oxygen atoms in total. The van der Waals surface area contributed by atoms with Gasteiger partial charge in [-0.3, -0.25) is 4.57 Å². The molecule has 0 atom stereocenters. The van der Waals surface area contributed by atoms with E-state index >= 15 is 0 Å². The van der Waals surface area contributed by atoms with Crippen molar-refractivity contribution in [3.63, 3.8) is 0 Å². The highest BCUT2D eigenvalue weighted by Crippen LogP contribution is 2.35. The number of ether oxygens (including phenoxy) is 2. The Bertz CT molecular complexity index is 1160. The van der Waals surface area contributed by atoms with Gasteiger partial charge in [-0.05, 0) is 42.0 Å². The highest BCUT2D eigenvalue weighted by Gasteiger charge is 2.20. The molecule has 3 aromatic carbocycles. The maximum Gasteiger partial charge on any atom is 0.196 e. The van der Waals surface area contributed by atoms with Gasteiger partial charge in [0.25, 0.3) is 0 Å². The van der Waals surface area contributed by atoms with Crippen molar-refractivity contribution in [1.82, 2.24) is 14.8 Å². The molecular weight excluding hydrogens is 418 g/mol. The minimum absolute atomic E-state index is 0.616. The lowest BCUT2D eigenvalue weighted by Crippen LogP contribution is -2.02. The zero-order valence-electron chi connectivity index (χ0n) is 16.6. The summed E-state index contributed by atoms with van der Waals surface area (Å²) in [6, 6.07) is 23.4. The summed E-state index contributed by atoms with van der Waals surface area (Å²) in [5, 5.41) is 10.3. The number of para-hydroxylation sites is 2. The molecule has 1 aromatic heterocycles. The monoisotopic (exact) mass is 437 g/mol. The van der Waals surface area contributed by atoms with E-state index in [1.165, 1.54) is 0 Å². The van der Waals surface area contributed by atoms with Gasteiger partial charge < -0.3 is 9.47 Å². The van der Waals surface area contributed by atoms with Gasteiger partial charge in [-0.25, -0.2) is 0 Å². The van der Waals surface area contributed by atoms with Crippen LogP contribution in [0.15, 0.2) is 78.0 Å². The van der Waals surface area contributed by atoms with Crippen LogP contribution in [0, 0.1) is 0 Å². The van der Waals surface area contributed by atoms with Gasteiger partial charge in [0, 0.05) is 11.3 Å². The van der Waals surface area contributed by atoms with Crippen LogP contribution < -0.4 is 9.47 Å². The minimum atomic E-state index is 0.616. The lowest BCUT2D eigenvalue weighted by molar-refractivity contribution is 0.412. The molecule has 0 amide bonds. The van der Waals surface area contributed by atoms with Gasteiger partial charge in [-0.1, -0.05) is 59.8 Å². The number of hydrogen-bond acceptors (Lipinski definition) is 5. The molecule has 7 heteroatoms. The molecular formula is C23H20ClN3O2S. The van der Waals surface area contributed by atoms with Crippen LogP contribution in [-0.4, -0.2) is 29.0 Å². The van der Waals surface area contributed by atoms with Gasteiger partial charge >= 0.3 is 0 Å². The molecule has 0 N–H and O–H groups in total. The van der Waals surface area contributed by atoms with Crippen LogP contribution in [0.25, 0.3) is 17.1 Å². The Hall–Kier alpha value is -2.96. The molecule has 0 radical (unpaired) electrons. The van der Waals surface area contributed by atoms with Crippen LogP contribution in [0.5, 0.6) is 11.5 Å². The van der Waals surface area contributed by atoms with Crippen molar-refractivity contribution < 1.29 is 9.47 Å². The van der Waals surface area contributed by atoms with Gasteiger partial charge in [0.05, 0.1) is 24.9 Å². The van der Waals surface area contributed by atoms with Gasteiger partial charge in [-0.15, -0.1) is 10.2 Å². The number of halogens is 1. The maximum absolute atomic E-state index is 6.47. The number of thioether (sulfide) groups is 1. The van der Waals surface area contributed by atoms with E-state index < -0.39 is 0 Å². The first-order valence-electron chi connectivity index (χ1n) is 9.30. The van der Waals surface area contributed by atoms with Crippen molar-refractivity contribution >= 4 is 23.4 Å². The predicted octanol–water partition coefficient (Wildman–Crippen LogP) is 5.90. The number of aromatic nitrogens is 3. The second-order valence-corrected chi connectivity index (χ2v) is 7.78. The number of methoxy groups -OCH3 is 2. The molecule has 1 heterocycles.